The van der Waals surface area contributed by atoms with Crippen molar-refractivity contribution in [1.82, 2.24) is 4.98 Å². The maximum atomic E-state index is 11.9. The van der Waals surface area contributed by atoms with Crippen molar-refractivity contribution in [2.24, 2.45) is 5.41 Å². The van der Waals surface area contributed by atoms with Gasteiger partial charge in [0.05, 0.1) is 6.61 Å². The van der Waals surface area contributed by atoms with E-state index >= 15 is 0 Å². The van der Waals surface area contributed by atoms with Gasteiger partial charge in [-0.3, -0.25) is 4.79 Å². The van der Waals surface area contributed by atoms with E-state index in [1.54, 1.807) is 0 Å². The summed E-state index contributed by atoms with van der Waals surface area (Å²) in [7, 11) is 0. The van der Waals surface area contributed by atoms with Crippen molar-refractivity contribution in [2.45, 2.75) is 33.1 Å². The van der Waals surface area contributed by atoms with Crippen molar-refractivity contribution >= 4 is 11.7 Å². The van der Waals surface area contributed by atoms with Gasteiger partial charge in [0.15, 0.2) is 0 Å². The molecule has 2 rings (SSSR count). The van der Waals surface area contributed by atoms with Crippen LogP contribution in [0.2, 0.25) is 0 Å². The zero-order valence-electron chi connectivity index (χ0n) is 11.4. The first-order valence-corrected chi connectivity index (χ1v) is 6.58. The van der Waals surface area contributed by atoms with Gasteiger partial charge in [-0.1, -0.05) is 13.8 Å². The summed E-state index contributed by atoms with van der Waals surface area (Å²) in [5.74, 6) is 1.10. The van der Waals surface area contributed by atoms with Crippen LogP contribution in [0, 0.1) is 5.41 Å². The Hall–Kier alpha value is -1.62. The Morgan fingerprint density at radius 2 is 2.21 bits per heavy atom. The number of unbranched alkanes of at least 4 members (excludes halogenated alkanes) is 1. The molecule has 0 bridgehead atoms. The van der Waals surface area contributed by atoms with Gasteiger partial charge in [0.25, 0.3) is 0 Å². The van der Waals surface area contributed by atoms with Crippen LogP contribution in [0.15, 0.2) is 12.1 Å². The van der Waals surface area contributed by atoms with Crippen LogP contribution < -0.4 is 10.1 Å². The van der Waals surface area contributed by atoms with Crippen LogP contribution in [0.4, 0.5) is 5.82 Å². The smallest absolute Gasteiger partial charge is 0.231 e. The fraction of sp³-hybridized carbons (Fsp3) is 0.571. The molecule has 0 fully saturated rings. The Balaban J connectivity index is 2.04. The lowest BCUT2D eigenvalue weighted by molar-refractivity contribution is -0.124. The van der Waals surface area contributed by atoms with Gasteiger partial charge in [-0.05, 0) is 30.9 Å². The number of ether oxygens (including phenoxy) is 1. The largest absolute Gasteiger partial charge is 0.478 e. The second-order valence-electron chi connectivity index (χ2n) is 5.45. The molecule has 5 nitrogen and oxygen atoms in total. The maximum absolute atomic E-state index is 11.9. The van der Waals surface area contributed by atoms with Crippen LogP contribution in [0.5, 0.6) is 5.88 Å². The molecular formula is C14H20N2O3. The number of pyridine rings is 1. The van der Waals surface area contributed by atoms with E-state index < -0.39 is 5.41 Å². The fourth-order valence-electron chi connectivity index (χ4n) is 2.03. The summed E-state index contributed by atoms with van der Waals surface area (Å²) < 4.78 is 5.49. The summed E-state index contributed by atoms with van der Waals surface area (Å²) in [4.78, 5) is 16.2. The molecule has 1 aliphatic heterocycles. The molecule has 0 saturated heterocycles. The molecule has 1 amide bonds. The number of aromatic nitrogens is 1. The number of nitrogens with zero attached hydrogens (tertiary/aromatic N) is 1. The summed E-state index contributed by atoms with van der Waals surface area (Å²) in [6.45, 7) is 4.53. The molecule has 1 aromatic heterocycles. The minimum absolute atomic E-state index is 0.00932. The average molecular weight is 264 g/mol. The third-order valence-electron chi connectivity index (χ3n) is 3.23. The summed E-state index contributed by atoms with van der Waals surface area (Å²) in [5, 5.41) is 11.5. The van der Waals surface area contributed by atoms with Crippen molar-refractivity contribution in [2.75, 3.05) is 18.5 Å². The van der Waals surface area contributed by atoms with Crippen LogP contribution in [0.25, 0.3) is 0 Å². The predicted octanol–water partition coefficient (Wildman–Crippen LogP) is 1.75. The zero-order chi connectivity index (χ0) is 13.9. The van der Waals surface area contributed by atoms with E-state index in [0.717, 1.165) is 18.4 Å². The highest BCUT2D eigenvalue weighted by molar-refractivity contribution is 5.97. The number of carbonyl (C=O) groups is 1. The fourth-order valence-corrected chi connectivity index (χ4v) is 2.03. The quantitative estimate of drug-likeness (QED) is 0.795. The van der Waals surface area contributed by atoms with Gasteiger partial charge in [-0.2, -0.15) is 4.98 Å². The van der Waals surface area contributed by atoms with Gasteiger partial charge in [0.1, 0.15) is 5.82 Å². The van der Waals surface area contributed by atoms with E-state index in [9.17, 15) is 4.79 Å². The number of rotatable bonds is 5. The Morgan fingerprint density at radius 3 is 2.95 bits per heavy atom. The van der Waals surface area contributed by atoms with E-state index in [1.807, 2.05) is 26.0 Å². The highest BCUT2D eigenvalue weighted by Crippen LogP contribution is 2.32. The normalized spacial score (nSPS) is 16.7. The minimum atomic E-state index is -0.391. The number of aliphatic hydroxyl groups excluding tert-OH is 1. The Bertz CT molecular complexity index is 472. The summed E-state index contributed by atoms with van der Waals surface area (Å²) in [6, 6.07) is 3.77. The minimum Gasteiger partial charge on any atom is -0.478 e. The van der Waals surface area contributed by atoms with Crippen LogP contribution in [0.1, 0.15) is 32.3 Å². The van der Waals surface area contributed by atoms with Gasteiger partial charge in [0, 0.05) is 18.1 Å². The monoisotopic (exact) mass is 264 g/mol. The SMILES string of the molecule is CC1(C)Cc2ccc(OCCCCO)nc2NC1=O. The Labute approximate surface area is 113 Å². The third kappa shape index (κ3) is 3.23. The summed E-state index contributed by atoms with van der Waals surface area (Å²) in [5.41, 5.74) is 0.644. The first-order valence-electron chi connectivity index (χ1n) is 6.58. The predicted molar refractivity (Wildman–Crippen MR) is 72.2 cm³/mol. The first kappa shape index (κ1) is 13.8. The van der Waals surface area contributed by atoms with E-state index in [0.29, 0.717) is 24.7 Å². The lowest BCUT2D eigenvalue weighted by atomic mass is 9.82. The Morgan fingerprint density at radius 1 is 1.42 bits per heavy atom. The average Bonchev–Trinajstić information content (AvgIpc) is 2.36. The van der Waals surface area contributed by atoms with Crippen LogP contribution in [0.3, 0.4) is 0 Å². The van der Waals surface area contributed by atoms with Crippen LogP contribution in [-0.2, 0) is 11.2 Å². The Kier molecular flexibility index (Phi) is 4.04. The highest BCUT2D eigenvalue weighted by atomic mass is 16.5. The molecule has 0 saturated carbocycles. The number of anilines is 1. The van der Waals surface area contributed by atoms with Gasteiger partial charge in [0.2, 0.25) is 11.8 Å². The van der Waals surface area contributed by atoms with Crippen molar-refractivity contribution < 1.29 is 14.6 Å². The van der Waals surface area contributed by atoms with E-state index in [1.165, 1.54) is 0 Å². The molecule has 0 radical (unpaired) electrons. The molecule has 104 valence electrons. The third-order valence-corrected chi connectivity index (χ3v) is 3.23. The number of hydrogen-bond acceptors (Lipinski definition) is 4. The molecule has 0 aliphatic carbocycles. The molecule has 1 aliphatic rings. The number of carbonyl (C=O) groups excluding carboxylic acids is 1. The number of aliphatic hydroxyl groups is 1. The molecule has 0 aromatic carbocycles. The highest BCUT2D eigenvalue weighted by Gasteiger charge is 2.34. The van der Waals surface area contributed by atoms with Crippen molar-refractivity contribution in [3.8, 4) is 5.88 Å². The number of fused-ring (bicyclic) bond motifs is 1. The molecule has 2 heterocycles. The lowest BCUT2D eigenvalue weighted by Gasteiger charge is -2.29. The molecule has 0 spiro atoms. The van der Waals surface area contributed by atoms with E-state index in [-0.39, 0.29) is 12.5 Å². The van der Waals surface area contributed by atoms with Gasteiger partial charge < -0.3 is 15.2 Å². The van der Waals surface area contributed by atoms with Crippen LogP contribution >= 0.6 is 0 Å². The van der Waals surface area contributed by atoms with Crippen molar-refractivity contribution in [1.29, 1.82) is 0 Å². The molecule has 19 heavy (non-hydrogen) atoms. The van der Waals surface area contributed by atoms with Gasteiger partial charge in [-0.25, -0.2) is 0 Å². The number of amides is 1. The molecule has 0 atom stereocenters. The topological polar surface area (TPSA) is 71.5 Å². The van der Waals surface area contributed by atoms with Gasteiger partial charge >= 0.3 is 0 Å². The molecule has 2 N–H and O–H groups in total. The van der Waals surface area contributed by atoms with Gasteiger partial charge in [-0.15, -0.1) is 0 Å². The van der Waals surface area contributed by atoms with E-state index in [2.05, 4.69) is 10.3 Å². The molecule has 0 unspecified atom stereocenters. The lowest BCUT2D eigenvalue weighted by Crippen LogP contribution is -2.37. The van der Waals surface area contributed by atoms with E-state index in [4.69, 9.17) is 9.84 Å². The van der Waals surface area contributed by atoms with Crippen molar-refractivity contribution in [3.05, 3.63) is 17.7 Å². The maximum Gasteiger partial charge on any atom is 0.231 e. The number of hydrogen-bond donors (Lipinski definition) is 2. The van der Waals surface area contributed by atoms with Crippen molar-refractivity contribution in [3.63, 3.8) is 0 Å². The number of nitrogens with one attached hydrogen (secondary N) is 1. The zero-order valence-corrected chi connectivity index (χ0v) is 11.4. The standard InChI is InChI=1S/C14H20N2O3/c1-14(2)9-10-5-6-11(19-8-4-3-7-17)15-12(10)16-13(14)18/h5-6,17H,3-4,7-9H2,1-2H3,(H,15,16,18). The first-order chi connectivity index (χ1) is 9.03. The molecular weight excluding hydrogens is 244 g/mol. The second kappa shape index (κ2) is 5.57. The summed E-state index contributed by atoms with van der Waals surface area (Å²) >= 11 is 0. The molecule has 5 heteroatoms. The molecule has 1 aromatic rings. The second-order valence-corrected chi connectivity index (χ2v) is 5.45. The van der Waals surface area contributed by atoms with Crippen LogP contribution in [-0.4, -0.2) is 29.2 Å². The summed E-state index contributed by atoms with van der Waals surface area (Å²) in [6.07, 6.45) is 2.19.